The molecule has 1 amide bonds. The number of carbonyl (C=O) groups excluding carboxylic acids is 1. The predicted molar refractivity (Wildman–Crippen MR) is 76.5 cm³/mol. The molecule has 0 spiro atoms. The molecular weight excluding hydrogens is 281 g/mol. The lowest BCUT2D eigenvalue weighted by Crippen LogP contribution is -2.42. The first-order chi connectivity index (χ1) is 9.20. The number of ether oxygens (including phenoxy) is 1. The molecule has 1 heterocycles. The average Bonchev–Trinajstić information content (AvgIpc) is 2.32. The van der Waals surface area contributed by atoms with Crippen LogP contribution in [-0.4, -0.2) is 23.1 Å². The minimum absolute atomic E-state index is 0.127. The predicted octanol–water partition coefficient (Wildman–Crippen LogP) is 4.33. The van der Waals surface area contributed by atoms with Crippen molar-refractivity contribution in [3.63, 3.8) is 0 Å². The fourth-order valence-corrected chi connectivity index (χ4v) is 2.59. The number of amides is 1. The Morgan fingerprint density at radius 1 is 1.45 bits per heavy atom. The third kappa shape index (κ3) is 2.90. The lowest BCUT2D eigenvalue weighted by atomic mass is 9.93. The molecule has 110 valence electrons. The first kappa shape index (κ1) is 15.1. The Hall–Kier alpha value is -1.29. The van der Waals surface area contributed by atoms with Gasteiger partial charge in [-0.1, -0.05) is 17.7 Å². The Labute approximate surface area is 123 Å². The standard InChI is InChI=1S/C15H19ClFNO2/c1-9-10-5-6-12(16)13(17)11(10)7-8-18(9)14(19)20-15(2,3)4/h5-6,9H,7-8H2,1-4H3. The van der Waals surface area contributed by atoms with E-state index in [2.05, 4.69) is 0 Å². The summed E-state index contributed by atoms with van der Waals surface area (Å²) in [5.74, 6) is -0.375. The zero-order chi connectivity index (χ0) is 15.1. The van der Waals surface area contributed by atoms with Crippen LogP contribution in [0.3, 0.4) is 0 Å². The SMILES string of the molecule is CC1c2ccc(Cl)c(F)c2CCN1C(=O)OC(C)(C)C. The van der Waals surface area contributed by atoms with Crippen LogP contribution in [0.4, 0.5) is 9.18 Å². The molecule has 3 nitrogen and oxygen atoms in total. The van der Waals surface area contributed by atoms with E-state index in [4.69, 9.17) is 16.3 Å². The summed E-state index contributed by atoms with van der Waals surface area (Å²) >= 11 is 5.80. The fraction of sp³-hybridized carbons (Fsp3) is 0.533. The highest BCUT2D eigenvalue weighted by atomic mass is 35.5. The maximum atomic E-state index is 14.0. The number of hydrogen-bond acceptors (Lipinski definition) is 2. The molecule has 1 aromatic carbocycles. The van der Waals surface area contributed by atoms with Crippen LogP contribution in [0.1, 0.15) is 44.9 Å². The molecule has 5 heteroatoms. The van der Waals surface area contributed by atoms with Gasteiger partial charge in [0.1, 0.15) is 11.4 Å². The van der Waals surface area contributed by atoms with Crippen molar-refractivity contribution < 1.29 is 13.9 Å². The van der Waals surface area contributed by atoms with Gasteiger partial charge in [-0.05, 0) is 51.3 Å². The maximum absolute atomic E-state index is 14.0. The van der Waals surface area contributed by atoms with Crippen LogP contribution >= 0.6 is 11.6 Å². The third-order valence-corrected chi connectivity index (χ3v) is 3.67. The molecule has 0 aliphatic carbocycles. The van der Waals surface area contributed by atoms with Gasteiger partial charge in [-0.25, -0.2) is 9.18 Å². The molecule has 0 saturated heterocycles. The lowest BCUT2D eigenvalue weighted by Gasteiger charge is -2.36. The van der Waals surface area contributed by atoms with Crippen molar-refractivity contribution in [1.29, 1.82) is 0 Å². The fourth-order valence-electron chi connectivity index (χ4n) is 2.42. The summed E-state index contributed by atoms with van der Waals surface area (Å²) < 4.78 is 19.4. The van der Waals surface area contributed by atoms with Crippen molar-refractivity contribution in [2.45, 2.75) is 45.8 Å². The van der Waals surface area contributed by atoms with E-state index in [1.165, 1.54) is 6.07 Å². The van der Waals surface area contributed by atoms with E-state index in [1.807, 2.05) is 27.7 Å². The van der Waals surface area contributed by atoms with Crippen LogP contribution in [0.5, 0.6) is 0 Å². The van der Waals surface area contributed by atoms with Crippen LogP contribution in [0.2, 0.25) is 5.02 Å². The highest BCUT2D eigenvalue weighted by Crippen LogP contribution is 2.34. The topological polar surface area (TPSA) is 29.5 Å². The minimum atomic E-state index is -0.539. The summed E-state index contributed by atoms with van der Waals surface area (Å²) in [5.41, 5.74) is 0.858. The van der Waals surface area contributed by atoms with Crippen molar-refractivity contribution in [3.05, 3.63) is 34.1 Å². The summed E-state index contributed by atoms with van der Waals surface area (Å²) in [6, 6.07) is 3.09. The van der Waals surface area contributed by atoms with E-state index in [0.29, 0.717) is 18.5 Å². The van der Waals surface area contributed by atoms with Crippen LogP contribution in [0.15, 0.2) is 12.1 Å². The molecule has 0 saturated carbocycles. The van der Waals surface area contributed by atoms with E-state index in [1.54, 1.807) is 11.0 Å². The Bertz CT molecular complexity index is 539. The number of rotatable bonds is 0. The average molecular weight is 300 g/mol. The van der Waals surface area contributed by atoms with Crippen molar-refractivity contribution in [1.82, 2.24) is 4.90 Å². The Kier molecular flexibility index (Phi) is 3.96. The number of nitrogens with zero attached hydrogens (tertiary/aromatic N) is 1. The first-order valence-corrected chi connectivity index (χ1v) is 7.05. The quantitative estimate of drug-likeness (QED) is 0.713. The maximum Gasteiger partial charge on any atom is 0.410 e. The summed E-state index contributed by atoms with van der Waals surface area (Å²) in [4.78, 5) is 13.8. The van der Waals surface area contributed by atoms with Crippen molar-refractivity contribution in [3.8, 4) is 0 Å². The van der Waals surface area contributed by atoms with Gasteiger partial charge in [0.2, 0.25) is 0 Å². The largest absolute Gasteiger partial charge is 0.444 e. The molecule has 1 unspecified atom stereocenters. The molecule has 0 fully saturated rings. The zero-order valence-electron chi connectivity index (χ0n) is 12.2. The van der Waals surface area contributed by atoms with Gasteiger partial charge in [-0.3, -0.25) is 0 Å². The first-order valence-electron chi connectivity index (χ1n) is 6.67. The second-order valence-corrected chi connectivity index (χ2v) is 6.44. The van der Waals surface area contributed by atoms with Crippen LogP contribution in [0, 0.1) is 5.82 Å². The second kappa shape index (κ2) is 5.24. The summed E-state index contributed by atoms with van der Waals surface area (Å²) in [6.07, 6.45) is 0.0803. The number of hydrogen-bond donors (Lipinski definition) is 0. The van der Waals surface area contributed by atoms with Gasteiger partial charge in [0.05, 0.1) is 11.1 Å². The van der Waals surface area contributed by atoms with Crippen LogP contribution < -0.4 is 0 Å². The third-order valence-electron chi connectivity index (χ3n) is 3.38. The lowest BCUT2D eigenvalue weighted by molar-refractivity contribution is 0.0158. The van der Waals surface area contributed by atoms with E-state index in [0.717, 1.165) is 5.56 Å². The molecular formula is C15H19ClFNO2. The van der Waals surface area contributed by atoms with Gasteiger partial charge in [-0.2, -0.15) is 0 Å². The summed E-state index contributed by atoms with van der Waals surface area (Å²) in [6.45, 7) is 7.78. The number of benzene rings is 1. The molecule has 1 aliphatic heterocycles. The minimum Gasteiger partial charge on any atom is -0.444 e. The van der Waals surface area contributed by atoms with E-state index >= 15 is 0 Å². The molecule has 0 N–H and O–H groups in total. The monoisotopic (exact) mass is 299 g/mol. The van der Waals surface area contributed by atoms with Crippen molar-refractivity contribution >= 4 is 17.7 Å². The molecule has 2 rings (SSSR count). The molecule has 20 heavy (non-hydrogen) atoms. The van der Waals surface area contributed by atoms with Crippen molar-refractivity contribution in [2.24, 2.45) is 0 Å². The molecule has 0 bridgehead atoms. The van der Waals surface area contributed by atoms with Gasteiger partial charge in [0.25, 0.3) is 0 Å². The van der Waals surface area contributed by atoms with Gasteiger partial charge >= 0.3 is 6.09 Å². The highest BCUT2D eigenvalue weighted by molar-refractivity contribution is 6.30. The van der Waals surface area contributed by atoms with Crippen LogP contribution in [0.25, 0.3) is 0 Å². The van der Waals surface area contributed by atoms with Gasteiger partial charge in [0.15, 0.2) is 0 Å². The molecule has 0 radical (unpaired) electrons. The molecule has 1 atom stereocenters. The second-order valence-electron chi connectivity index (χ2n) is 6.03. The zero-order valence-corrected chi connectivity index (χ0v) is 12.9. The molecule has 0 aromatic heterocycles. The van der Waals surface area contributed by atoms with E-state index in [9.17, 15) is 9.18 Å². The molecule has 1 aliphatic rings. The van der Waals surface area contributed by atoms with E-state index < -0.39 is 5.60 Å². The van der Waals surface area contributed by atoms with Crippen LogP contribution in [-0.2, 0) is 11.2 Å². The van der Waals surface area contributed by atoms with Gasteiger partial charge in [-0.15, -0.1) is 0 Å². The summed E-state index contributed by atoms with van der Waals surface area (Å²) in [7, 11) is 0. The normalized spacial score (nSPS) is 18.7. The highest BCUT2D eigenvalue weighted by Gasteiger charge is 2.32. The van der Waals surface area contributed by atoms with Gasteiger partial charge in [0, 0.05) is 6.54 Å². The smallest absolute Gasteiger partial charge is 0.410 e. The Morgan fingerprint density at radius 3 is 2.70 bits per heavy atom. The summed E-state index contributed by atoms with van der Waals surface area (Å²) in [5, 5.41) is 0.127. The number of fused-ring (bicyclic) bond motifs is 1. The Balaban J connectivity index is 2.26. The number of carbonyl (C=O) groups is 1. The van der Waals surface area contributed by atoms with Crippen molar-refractivity contribution in [2.75, 3.05) is 6.54 Å². The Morgan fingerprint density at radius 2 is 2.10 bits per heavy atom. The van der Waals surface area contributed by atoms with Gasteiger partial charge < -0.3 is 9.64 Å². The number of halogens is 2. The van der Waals surface area contributed by atoms with E-state index in [-0.39, 0.29) is 23.0 Å². The molecule has 1 aromatic rings.